The Balaban J connectivity index is 0. The Labute approximate surface area is 120 Å². The van der Waals surface area contributed by atoms with E-state index in [0.717, 1.165) is 5.69 Å². The van der Waals surface area contributed by atoms with Crippen LogP contribution in [0.2, 0.25) is 0 Å². The van der Waals surface area contributed by atoms with Crippen LogP contribution in [0, 0.1) is 0 Å². The minimum atomic E-state index is -0.0708. The average molecular weight is 208 g/mol. The zero-order chi connectivity index (χ0) is 8.48. The number of hydrogen-bond donors (Lipinski definition) is 0. The van der Waals surface area contributed by atoms with E-state index in [2.05, 4.69) is 4.98 Å². The average Bonchev–Trinajstić information content (AvgIpc) is 2.32. The van der Waals surface area contributed by atoms with Crippen LogP contribution in [0.4, 0.5) is 0 Å². The van der Waals surface area contributed by atoms with Gasteiger partial charge in [-0.05, 0) is 0 Å². The molecule has 0 amide bonds. The van der Waals surface area contributed by atoms with Crippen LogP contribution in [0.5, 0.6) is 0 Å². The molecular formula is C8H11KNO3-. The topological polar surface area (TPSA) is 73.1 Å². The van der Waals surface area contributed by atoms with E-state index >= 15 is 0 Å². The van der Waals surface area contributed by atoms with Crippen LogP contribution in [-0.2, 0) is 10.2 Å². The second-order valence-corrected chi connectivity index (χ2v) is 3.39. The van der Waals surface area contributed by atoms with Crippen molar-refractivity contribution in [3.05, 3.63) is 17.8 Å². The van der Waals surface area contributed by atoms with Crippen LogP contribution >= 0.6 is 0 Å². The van der Waals surface area contributed by atoms with Gasteiger partial charge in [0.25, 0.3) is 0 Å². The second-order valence-electron chi connectivity index (χ2n) is 3.39. The number of hydrogen-bond acceptors (Lipinski definition) is 4. The molecule has 0 aliphatic carbocycles. The van der Waals surface area contributed by atoms with E-state index in [1.54, 1.807) is 6.29 Å². The predicted molar refractivity (Wildman–Crippen MR) is 41.9 cm³/mol. The van der Waals surface area contributed by atoms with E-state index in [0.29, 0.717) is 0 Å². The molecule has 1 heterocycles. The van der Waals surface area contributed by atoms with E-state index in [1.165, 1.54) is 6.26 Å². The molecule has 0 spiro atoms. The van der Waals surface area contributed by atoms with E-state index in [-0.39, 0.29) is 68.2 Å². The first-order chi connectivity index (χ1) is 5.04. The van der Waals surface area contributed by atoms with Gasteiger partial charge in [0.1, 0.15) is 6.26 Å². The molecule has 0 aromatic carbocycles. The fourth-order valence-corrected chi connectivity index (χ4v) is 0.665. The van der Waals surface area contributed by atoms with Crippen molar-refractivity contribution in [1.29, 1.82) is 0 Å². The summed E-state index contributed by atoms with van der Waals surface area (Å²) >= 11 is 0. The first kappa shape index (κ1) is 15.9. The zero-order valence-electron chi connectivity index (χ0n) is 8.29. The third kappa shape index (κ3) is 4.48. The van der Waals surface area contributed by atoms with E-state index in [1.807, 2.05) is 20.8 Å². The van der Waals surface area contributed by atoms with Gasteiger partial charge in [0.15, 0.2) is 0 Å². The summed E-state index contributed by atoms with van der Waals surface area (Å²) in [5, 5.41) is 0. The molecule has 0 saturated carbocycles. The van der Waals surface area contributed by atoms with Gasteiger partial charge in [0.2, 0.25) is 0 Å². The molecule has 1 aromatic rings. The molecule has 1 N–H and O–H groups in total. The summed E-state index contributed by atoms with van der Waals surface area (Å²) in [5.74, 6) is 0.0231. The Morgan fingerprint density at radius 1 is 1.46 bits per heavy atom. The Kier molecular flexibility index (Phi) is 7.42. The van der Waals surface area contributed by atoms with E-state index < -0.39 is 0 Å². The van der Waals surface area contributed by atoms with Crippen LogP contribution in [0.15, 0.2) is 10.7 Å². The van der Waals surface area contributed by atoms with Crippen molar-refractivity contribution in [2.24, 2.45) is 0 Å². The molecule has 4 nitrogen and oxygen atoms in total. The minimum absolute atomic E-state index is 0. The Hall–Kier alpha value is 0.476. The largest absolute Gasteiger partial charge is 1.00 e. The molecule has 0 atom stereocenters. The molecule has 0 aliphatic heterocycles. The van der Waals surface area contributed by atoms with Gasteiger partial charge in [0, 0.05) is 5.41 Å². The number of aromatic nitrogens is 1. The fourth-order valence-electron chi connectivity index (χ4n) is 0.665. The maximum atomic E-state index is 10.1. The quantitative estimate of drug-likeness (QED) is 0.405. The van der Waals surface area contributed by atoms with Crippen molar-refractivity contribution in [1.82, 2.24) is 4.98 Å². The summed E-state index contributed by atoms with van der Waals surface area (Å²) < 4.78 is 4.81. The fraction of sp³-hybridized carbons (Fsp3) is 0.500. The van der Waals surface area contributed by atoms with Gasteiger partial charge in [-0.2, -0.15) is 6.29 Å². The van der Waals surface area contributed by atoms with Crippen molar-refractivity contribution in [2.75, 3.05) is 0 Å². The van der Waals surface area contributed by atoms with Gasteiger partial charge in [0.05, 0.1) is 11.6 Å². The molecule has 0 unspecified atom stereocenters. The SMILES string of the molecule is CC(C)(C)c1coc([C-]=O)n1.[K+].[OH-]. The third-order valence-electron chi connectivity index (χ3n) is 1.36. The van der Waals surface area contributed by atoms with Gasteiger partial charge in [-0.25, -0.2) is 4.98 Å². The molecule has 0 fully saturated rings. The number of nitrogens with zero attached hydrogens (tertiary/aromatic N) is 1. The Morgan fingerprint density at radius 2 is 2.00 bits per heavy atom. The molecule has 1 aromatic heterocycles. The van der Waals surface area contributed by atoms with Crippen LogP contribution < -0.4 is 51.4 Å². The summed E-state index contributed by atoms with van der Waals surface area (Å²) in [6.07, 6.45) is 3.08. The number of carbonyl (C=O) groups excluding carboxylic acids is 1. The maximum Gasteiger partial charge on any atom is 1.00 e. The second kappa shape index (κ2) is 6.05. The molecule has 0 radical (unpaired) electrons. The van der Waals surface area contributed by atoms with Gasteiger partial charge in [-0.1, -0.05) is 20.8 Å². The summed E-state index contributed by atoms with van der Waals surface area (Å²) in [7, 11) is 0. The third-order valence-corrected chi connectivity index (χ3v) is 1.36. The van der Waals surface area contributed by atoms with Gasteiger partial charge >= 0.3 is 51.4 Å². The van der Waals surface area contributed by atoms with E-state index in [4.69, 9.17) is 4.42 Å². The first-order valence-corrected chi connectivity index (χ1v) is 3.38. The van der Waals surface area contributed by atoms with Gasteiger partial charge < -0.3 is 14.7 Å². The molecule has 13 heavy (non-hydrogen) atoms. The summed E-state index contributed by atoms with van der Waals surface area (Å²) in [4.78, 5) is 14.0. The van der Waals surface area contributed by atoms with Crippen LogP contribution in [-0.4, -0.2) is 16.7 Å². The van der Waals surface area contributed by atoms with Gasteiger partial charge in [-0.15, -0.1) is 0 Å². The Morgan fingerprint density at radius 3 is 2.23 bits per heavy atom. The summed E-state index contributed by atoms with van der Waals surface area (Å²) in [6, 6.07) is 0. The van der Waals surface area contributed by atoms with Crippen LogP contribution in [0.3, 0.4) is 0 Å². The number of oxazole rings is 1. The van der Waals surface area contributed by atoms with Crippen LogP contribution in [0.1, 0.15) is 32.4 Å². The van der Waals surface area contributed by atoms with Crippen LogP contribution in [0.25, 0.3) is 0 Å². The molecule has 68 valence electrons. The normalized spacial score (nSPS) is 9.77. The molecule has 0 bridgehead atoms. The number of rotatable bonds is 1. The zero-order valence-corrected chi connectivity index (χ0v) is 11.4. The molecule has 0 saturated heterocycles. The van der Waals surface area contributed by atoms with Crippen molar-refractivity contribution >= 4 is 6.29 Å². The molecule has 0 aliphatic rings. The molecular weight excluding hydrogens is 197 g/mol. The summed E-state index contributed by atoms with van der Waals surface area (Å²) in [6.45, 7) is 6.00. The van der Waals surface area contributed by atoms with Crippen molar-refractivity contribution in [3.63, 3.8) is 0 Å². The molecule has 1 rings (SSSR count). The Bertz CT molecular complexity index is 265. The van der Waals surface area contributed by atoms with Crippen molar-refractivity contribution in [2.45, 2.75) is 26.2 Å². The van der Waals surface area contributed by atoms with Crippen molar-refractivity contribution < 1.29 is 66.1 Å². The van der Waals surface area contributed by atoms with E-state index in [9.17, 15) is 4.79 Å². The van der Waals surface area contributed by atoms with Gasteiger partial charge in [-0.3, -0.25) is 0 Å². The smallest absolute Gasteiger partial charge is 0.870 e. The standard InChI is InChI=1S/C8H10NO2.K.H2O/c1-8(2,3)6-5-11-7(4-10)9-6;;/h5H,1-3H3;;1H2/q-1;+1;/p-1. The monoisotopic (exact) mass is 208 g/mol. The summed E-state index contributed by atoms with van der Waals surface area (Å²) in [5.41, 5.74) is 0.703. The predicted octanol–water partition coefficient (Wildman–Crippen LogP) is -1.74. The first-order valence-electron chi connectivity index (χ1n) is 3.38. The maximum absolute atomic E-state index is 10.1. The minimum Gasteiger partial charge on any atom is -0.870 e. The van der Waals surface area contributed by atoms with Crippen molar-refractivity contribution in [3.8, 4) is 0 Å². The molecule has 5 heteroatoms.